The Kier molecular flexibility index (Phi) is 4.90. The average molecular weight is 281 g/mol. The Bertz CT molecular complexity index is 468. The van der Waals surface area contributed by atoms with Crippen molar-refractivity contribution in [1.29, 1.82) is 0 Å². The first-order valence-corrected chi connectivity index (χ1v) is 5.41. The van der Waals surface area contributed by atoms with E-state index in [0.717, 1.165) is 19.5 Å². The average Bonchev–Trinajstić information content (AvgIpc) is 2.29. The summed E-state index contributed by atoms with van der Waals surface area (Å²) in [5.41, 5.74) is 8.16. The SMILES string of the molecule is Cc1cc[n+](CCCN)c2ccccc12.[Br-]. The van der Waals surface area contributed by atoms with Gasteiger partial charge in [0.1, 0.15) is 6.54 Å². The molecule has 1 aromatic carbocycles. The Morgan fingerprint density at radius 3 is 2.69 bits per heavy atom. The number of fused-ring (bicyclic) bond motifs is 1. The van der Waals surface area contributed by atoms with Crippen LogP contribution in [0.1, 0.15) is 12.0 Å². The molecular weight excluding hydrogens is 264 g/mol. The Labute approximate surface area is 107 Å². The zero-order chi connectivity index (χ0) is 10.7. The molecule has 0 aliphatic carbocycles. The van der Waals surface area contributed by atoms with Gasteiger partial charge in [-0.15, -0.1) is 0 Å². The molecule has 0 bridgehead atoms. The molecule has 1 heterocycles. The highest BCUT2D eigenvalue weighted by molar-refractivity contribution is 5.78. The fourth-order valence-electron chi connectivity index (χ4n) is 1.89. The van der Waals surface area contributed by atoms with Crippen LogP contribution in [0.3, 0.4) is 0 Å². The fraction of sp³-hybridized carbons (Fsp3) is 0.308. The van der Waals surface area contributed by atoms with E-state index in [-0.39, 0.29) is 17.0 Å². The number of para-hydroxylation sites is 1. The van der Waals surface area contributed by atoms with Crippen molar-refractivity contribution >= 4 is 10.9 Å². The molecule has 2 rings (SSSR count). The molecule has 1 aromatic heterocycles. The molecule has 2 nitrogen and oxygen atoms in total. The molecule has 0 saturated heterocycles. The number of hydrogen-bond donors (Lipinski definition) is 1. The van der Waals surface area contributed by atoms with E-state index in [2.05, 4.69) is 48.0 Å². The third-order valence-electron chi connectivity index (χ3n) is 2.75. The standard InChI is InChI=1S/C13H17N2.BrH/c1-11-7-10-15(9-4-8-14)13-6-3-2-5-12(11)13;/h2-3,5-7,10H,4,8-9,14H2,1H3;1H/q+1;/p-1. The molecular formula is C13H17BrN2. The molecule has 2 N–H and O–H groups in total. The summed E-state index contributed by atoms with van der Waals surface area (Å²) < 4.78 is 2.27. The topological polar surface area (TPSA) is 29.9 Å². The molecule has 16 heavy (non-hydrogen) atoms. The highest BCUT2D eigenvalue weighted by Crippen LogP contribution is 2.13. The van der Waals surface area contributed by atoms with E-state index < -0.39 is 0 Å². The van der Waals surface area contributed by atoms with Crippen molar-refractivity contribution in [3.05, 3.63) is 42.1 Å². The van der Waals surface area contributed by atoms with Gasteiger partial charge in [-0.25, -0.2) is 0 Å². The smallest absolute Gasteiger partial charge is 0.212 e. The lowest BCUT2D eigenvalue weighted by Crippen LogP contribution is -3.00. The van der Waals surface area contributed by atoms with Crippen molar-refractivity contribution in [2.45, 2.75) is 19.9 Å². The summed E-state index contributed by atoms with van der Waals surface area (Å²) in [4.78, 5) is 0. The van der Waals surface area contributed by atoms with E-state index in [9.17, 15) is 0 Å². The monoisotopic (exact) mass is 280 g/mol. The first kappa shape index (κ1) is 13.1. The van der Waals surface area contributed by atoms with Crippen LogP contribution in [0.4, 0.5) is 0 Å². The van der Waals surface area contributed by atoms with Crippen LogP contribution in [-0.4, -0.2) is 6.54 Å². The molecule has 0 spiro atoms. The number of aryl methyl sites for hydroxylation is 2. The molecule has 0 radical (unpaired) electrons. The summed E-state index contributed by atoms with van der Waals surface area (Å²) >= 11 is 0. The van der Waals surface area contributed by atoms with Crippen LogP contribution in [0, 0.1) is 6.92 Å². The molecule has 0 saturated carbocycles. The highest BCUT2D eigenvalue weighted by atomic mass is 79.9. The molecule has 0 atom stereocenters. The Hall–Kier alpha value is -0.930. The van der Waals surface area contributed by atoms with Gasteiger partial charge in [0.05, 0.1) is 0 Å². The van der Waals surface area contributed by atoms with E-state index in [0.29, 0.717) is 0 Å². The Balaban J connectivity index is 0.00000128. The van der Waals surface area contributed by atoms with Crippen LogP contribution in [0.25, 0.3) is 10.9 Å². The Morgan fingerprint density at radius 1 is 1.19 bits per heavy atom. The molecule has 0 fully saturated rings. The van der Waals surface area contributed by atoms with Gasteiger partial charge in [0.2, 0.25) is 5.52 Å². The molecule has 0 amide bonds. The van der Waals surface area contributed by atoms with Gasteiger partial charge in [-0.1, -0.05) is 12.1 Å². The van der Waals surface area contributed by atoms with E-state index in [1.807, 2.05) is 0 Å². The van der Waals surface area contributed by atoms with Crippen molar-refractivity contribution < 1.29 is 21.5 Å². The molecule has 0 aliphatic rings. The maximum atomic E-state index is 5.54. The second-order valence-corrected chi connectivity index (χ2v) is 3.85. The lowest BCUT2D eigenvalue weighted by Gasteiger charge is -2.02. The number of nitrogens with zero attached hydrogens (tertiary/aromatic N) is 1. The predicted molar refractivity (Wildman–Crippen MR) is 62.6 cm³/mol. The minimum Gasteiger partial charge on any atom is -1.00 e. The molecule has 0 aliphatic heterocycles. The van der Waals surface area contributed by atoms with E-state index >= 15 is 0 Å². The number of aromatic nitrogens is 1. The number of benzene rings is 1. The summed E-state index contributed by atoms with van der Waals surface area (Å²) in [6, 6.07) is 10.7. The van der Waals surface area contributed by atoms with Gasteiger partial charge in [0, 0.05) is 23.9 Å². The summed E-state index contributed by atoms with van der Waals surface area (Å²) in [5, 5.41) is 1.33. The van der Waals surface area contributed by atoms with Crippen LogP contribution in [0.15, 0.2) is 36.5 Å². The van der Waals surface area contributed by atoms with Gasteiger partial charge in [-0.3, -0.25) is 0 Å². The third-order valence-corrected chi connectivity index (χ3v) is 2.75. The van der Waals surface area contributed by atoms with Gasteiger partial charge < -0.3 is 22.7 Å². The highest BCUT2D eigenvalue weighted by Gasteiger charge is 2.08. The molecule has 86 valence electrons. The minimum absolute atomic E-state index is 0. The lowest BCUT2D eigenvalue weighted by atomic mass is 10.1. The maximum absolute atomic E-state index is 5.54. The normalized spacial score (nSPS) is 10.1. The third kappa shape index (κ3) is 2.60. The lowest BCUT2D eigenvalue weighted by molar-refractivity contribution is -0.671. The van der Waals surface area contributed by atoms with Crippen molar-refractivity contribution in [3.63, 3.8) is 0 Å². The van der Waals surface area contributed by atoms with Gasteiger partial charge >= 0.3 is 0 Å². The summed E-state index contributed by atoms with van der Waals surface area (Å²) in [6.45, 7) is 3.89. The minimum atomic E-state index is 0. The largest absolute Gasteiger partial charge is 1.00 e. The van der Waals surface area contributed by atoms with Crippen molar-refractivity contribution in [2.24, 2.45) is 5.73 Å². The van der Waals surface area contributed by atoms with Gasteiger partial charge in [0.25, 0.3) is 0 Å². The molecule has 3 heteroatoms. The van der Waals surface area contributed by atoms with Crippen LogP contribution >= 0.6 is 0 Å². The van der Waals surface area contributed by atoms with Crippen LogP contribution in [-0.2, 0) is 6.54 Å². The number of pyridine rings is 1. The van der Waals surface area contributed by atoms with Crippen molar-refractivity contribution in [3.8, 4) is 0 Å². The summed E-state index contributed by atoms with van der Waals surface area (Å²) in [6.07, 6.45) is 3.17. The Morgan fingerprint density at radius 2 is 1.94 bits per heavy atom. The first-order valence-electron chi connectivity index (χ1n) is 5.41. The van der Waals surface area contributed by atoms with E-state index in [1.165, 1.54) is 16.5 Å². The fourth-order valence-corrected chi connectivity index (χ4v) is 1.89. The number of halogens is 1. The number of nitrogens with two attached hydrogens (primary N) is 1. The first-order chi connectivity index (χ1) is 7.33. The van der Waals surface area contributed by atoms with Crippen LogP contribution < -0.4 is 27.3 Å². The quantitative estimate of drug-likeness (QED) is 0.703. The summed E-state index contributed by atoms with van der Waals surface area (Å²) in [5.74, 6) is 0. The predicted octanol–water partition coefficient (Wildman–Crippen LogP) is -1.21. The molecule has 0 unspecified atom stereocenters. The van der Waals surface area contributed by atoms with Crippen LogP contribution in [0.5, 0.6) is 0 Å². The van der Waals surface area contributed by atoms with Crippen LogP contribution in [0.2, 0.25) is 0 Å². The second-order valence-electron chi connectivity index (χ2n) is 3.85. The zero-order valence-electron chi connectivity index (χ0n) is 9.49. The molecule has 2 aromatic rings. The van der Waals surface area contributed by atoms with E-state index in [1.54, 1.807) is 0 Å². The summed E-state index contributed by atoms with van der Waals surface area (Å²) in [7, 11) is 0. The van der Waals surface area contributed by atoms with Gasteiger partial charge in [-0.05, 0) is 25.1 Å². The number of rotatable bonds is 3. The number of hydrogen-bond acceptors (Lipinski definition) is 1. The maximum Gasteiger partial charge on any atom is 0.212 e. The zero-order valence-corrected chi connectivity index (χ0v) is 11.1. The van der Waals surface area contributed by atoms with Gasteiger partial charge in [-0.2, -0.15) is 4.57 Å². The van der Waals surface area contributed by atoms with Crippen molar-refractivity contribution in [2.75, 3.05) is 6.54 Å². The van der Waals surface area contributed by atoms with Gasteiger partial charge in [0.15, 0.2) is 6.20 Å². The van der Waals surface area contributed by atoms with E-state index in [4.69, 9.17) is 5.73 Å². The van der Waals surface area contributed by atoms with Crippen molar-refractivity contribution in [1.82, 2.24) is 0 Å². The second kappa shape index (κ2) is 5.97.